The molecule has 30 heavy (non-hydrogen) atoms. The molecule has 10 heteroatoms. The number of halogens is 4. The van der Waals surface area contributed by atoms with E-state index in [0.29, 0.717) is 28.2 Å². The Morgan fingerprint density at radius 1 is 0.800 bits per heavy atom. The largest absolute Gasteiger partial charge is 1.00 e. The van der Waals surface area contributed by atoms with E-state index in [2.05, 4.69) is 90.4 Å². The molecule has 0 aromatic heterocycles. The first kappa shape index (κ1) is 23.6. The van der Waals surface area contributed by atoms with Gasteiger partial charge in [-0.2, -0.15) is 0 Å². The van der Waals surface area contributed by atoms with E-state index in [4.69, 9.17) is 9.47 Å². The van der Waals surface area contributed by atoms with Gasteiger partial charge in [-0.05, 0) is 115 Å². The summed E-state index contributed by atoms with van der Waals surface area (Å²) in [4.78, 5) is 13.2. The van der Waals surface area contributed by atoms with Gasteiger partial charge in [-0.15, -0.1) is 0 Å². The zero-order valence-corrected chi connectivity index (χ0v) is 25.7. The molecule has 0 atom stereocenters. The summed E-state index contributed by atoms with van der Waals surface area (Å²) in [5.74, 6) is 0.421. The minimum atomic E-state index is -1.22. The molecular weight excluding hydrogens is 851 g/mol. The molecule has 0 fully saturated rings. The summed E-state index contributed by atoms with van der Waals surface area (Å²) in [6.45, 7) is 0. The Morgan fingerprint density at radius 2 is 1.30 bits per heavy atom. The molecule has 0 radical (unpaired) electrons. The van der Waals surface area contributed by atoms with Crippen molar-refractivity contribution in [3.05, 3.63) is 72.9 Å². The zero-order chi connectivity index (χ0) is 20.7. The third-order valence-electron chi connectivity index (χ3n) is 4.98. The topological polar surface area (TPSA) is 76.0 Å². The summed E-state index contributed by atoms with van der Waals surface area (Å²) >= 11 is 8.98. The first-order chi connectivity index (χ1) is 13.8. The summed E-state index contributed by atoms with van der Waals surface area (Å²) in [5, 5.41) is 20.0. The molecule has 2 aliphatic rings. The Labute approximate surface area is 249 Å². The van der Waals surface area contributed by atoms with E-state index >= 15 is 0 Å². The normalized spacial score (nSPS) is 14.9. The van der Waals surface area contributed by atoms with Crippen LogP contribution in [0.3, 0.4) is 0 Å². The Hall–Kier alpha value is 0.450. The molecule has 0 amide bonds. The van der Waals surface area contributed by atoms with Crippen LogP contribution in [0.25, 0.3) is 0 Å². The van der Waals surface area contributed by atoms with Crippen LogP contribution in [0.2, 0.25) is 0 Å². The van der Waals surface area contributed by atoms with Crippen molar-refractivity contribution in [1.29, 1.82) is 0 Å². The number of hydrogen-bond donors (Lipinski definition) is 2. The molecule has 148 valence electrons. The van der Waals surface area contributed by atoms with E-state index in [-0.39, 0.29) is 42.5 Å². The molecule has 2 heterocycles. The summed E-state index contributed by atoms with van der Waals surface area (Å²) < 4.78 is 16.0. The van der Waals surface area contributed by atoms with Gasteiger partial charge in [-0.1, -0.05) is 0 Å². The fraction of sp³-hybridized carbons (Fsp3) is 0.0500. The van der Waals surface area contributed by atoms with Crippen LogP contribution in [0.5, 0.6) is 23.0 Å². The summed E-state index contributed by atoms with van der Waals surface area (Å²) in [6, 6.07) is 9.53. The Kier molecular flexibility index (Phi) is 6.56. The number of phenols is 2. The molecule has 0 aliphatic carbocycles. The number of phenolic OH excluding ortho intramolecular Hbond substituents is 2. The number of aromatic hydroxyl groups is 2. The minimum absolute atomic E-state index is 0. The van der Waals surface area contributed by atoms with Gasteiger partial charge in [-0.25, -0.2) is 4.79 Å². The standard InChI is InChI=1S/C20H8I4O5.Na.H/c21-15-13-14(16(22)18(24)17(15)23)20(29-19(13)27)9-3-1-7(25)5-11(9)28-12-6-8(26)2-4-10(12)20;;/h1-6,25-26H;;/q;+1;-1. The molecule has 3 aromatic rings. The van der Waals surface area contributed by atoms with E-state index in [1.807, 2.05) is 0 Å². The number of fused-ring (bicyclic) bond motifs is 6. The predicted octanol–water partition coefficient (Wildman–Crippen LogP) is 3.20. The van der Waals surface area contributed by atoms with Crippen LogP contribution >= 0.6 is 90.4 Å². The van der Waals surface area contributed by atoms with Crippen LogP contribution in [0, 0.1) is 14.3 Å². The van der Waals surface area contributed by atoms with E-state index in [1.54, 1.807) is 24.3 Å². The molecule has 0 saturated carbocycles. The quantitative estimate of drug-likeness (QED) is 0.120. The van der Waals surface area contributed by atoms with Crippen molar-refractivity contribution in [2.75, 3.05) is 0 Å². The Balaban J connectivity index is 0.00000136. The van der Waals surface area contributed by atoms with Crippen LogP contribution in [0.1, 0.15) is 28.5 Å². The summed E-state index contributed by atoms with van der Waals surface area (Å²) in [6.07, 6.45) is 0. The first-order valence-corrected chi connectivity index (χ1v) is 12.5. The Morgan fingerprint density at radius 3 is 1.83 bits per heavy atom. The van der Waals surface area contributed by atoms with Gasteiger partial charge in [0, 0.05) is 43.1 Å². The second-order valence-corrected chi connectivity index (χ2v) is 10.9. The van der Waals surface area contributed by atoms with Crippen molar-refractivity contribution in [2.24, 2.45) is 0 Å². The molecule has 0 bridgehead atoms. The van der Waals surface area contributed by atoms with E-state index < -0.39 is 11.6 Å². The molecule has 3 aromatic carbocycles. The van der Waals surface area contributed by atoms with Crippen molar-refractivity contribution in [2.45, 2.75) is 5.60 Å². The third-order valence-corrected chi connectivity index (χ3v) is 12.4. The minimum Gasteiger partial charge on any atom is -1.00 e. The van der Waals surface area contributed by atoms with Crippen LogP contribution in [-0.2, 0) is 10.3 Å². The fourth-order valence-electron chi connectivity index (χ4n) is 3.81. The molecule has 5 nitrogen and oxygen atoms in total. The average Bonchev–Trinajstić information content (AvgIpc) is 2.97. The number of carbonyl (C=O) groups excluding carboxylic acids is 1. The molecule has 1 spiro atoms. The number of ether oxygens (including phenoxy) is 2. The smallest absolute Gasteiger partial charge is 1.00 e. The number of carbonyl (C=O) groups is 1. The molecular formula is C20H9I4NaO5. The van der Waals surface area contributed by atoms with Gasteiger partial charge in [0.2, 0.25) is 0 Å². The van der Waals surface area contributed by atoms with Crippen LogP contribution in [-0.4, -0.2) is 16.2 Å². The number of esters is 1. The average molecular weight is 860 g/mol. The van der Waals surface area contributed by atoms with Gasteiger partial charge in [0.1, 0.15) is 23.0 Å². The molecule has 2 aliphatic heterocycles. The van der Waals surface area contributed by atoms with Gasteiger partial charge in [-0.3, -0.25) is 0 Å². The second kappa shape index (κ2) is 8.34. The van der Waals surface area contributed by atoms with Crippen molar-refractivity contribution < 1.29 is 55.5 Å². The molecule has 2 N–H and O–H groups in total. The van der Waals surface area contributed by atoms with E-state index in [1.165, 1.54) is 12.1 Å². The number of hydrogen-bond acceptors (Lipinski definition) is 5. The van der Waals surface area contributed by atoms with E-state index in [0.717, 1.165) is 19.8 Å². The van der Waals surface area contributed by atoms with Crippen LogP contribution in [0.15, 0.2) is 36.4 Å². The third kappa shape index (κ3) is 3.23. The fourth-order valence-corrected chi connectivity index (χ4v) is 7.60. The molecule has 0 unspecified atom stereocenters. The van der Waals surface area contributed by atoms with Gasteiger partial charge < -0.3 is 21.1 Å². The monoisotopic (exact) mass is 860 g/mol. The Bertz CT molecular complexity index is 1220. The SMILES string of the molecule is O=C1OC2(c3ccc(O)cc3Oc3cc(O)ccc32)c2c(I)c(I)c(I)c(I)c21.[H-].[Na+]. The number of benzene rings is 3. The van der Waals surface area contributed by atoms with E-state index in [9.17, 15) is 15.0 Å². The van der Waals surface area contributed by atoms with Crippen LogP contribution in [0.4, 0.5) is 0 Å². The van der Waals surface area contributed by atoms with Crippen molar-refractivity contribution in [1.82, 2.24) is 0 Å². The maximum Gasteiger partial charge on any atom is 1.00 e. The second-order valence-electron chi connectivity index (χ2n) is 6.54. The zero-order valence-electron chi connectivity index (χ0n) is 16.1. The predicted molar refractivity (Wildman–Crippen MR) is 140 cm³/mol. The summed E-state index contributed by atoms with van der Waals surface area (Å²) in [7, 11) is 0. The summed E-state index contributed by atoms with van der Waals surface area (Å²) in [5.41, 5.74) is 1.34. The number of rotatable bonds is 0. The van der Waals surface area contributed by atoms with Crippen molar-refractivity contribution >= 4 is 96.3 Å². The van der Waals surface area contributed by atoms with Crippen LogP contribution < -0.4 is 34.3 Å². The van der Waals surface area contributed by atoms with Gasteiger partial charge in [0.05, 0.1) is 5.56 Å². The van der Waals surface area contributed by atoms with Gasteiger partial charge in [0.15, 0.2) is 5.60 Å². The molecule has 0 saturated heterocycles. The van der Waals surface area contributed by atoms with Gasteiger partial charge in [0.25, 0.3) is 0 Å². The first-order valence-electron chi connectivity index (χ1n) is 8.20. The van der Waals surface area contributed by atoms with Gasteiger partial charge >= 0.3 is 35.5 Å². The maximum absolute atomic E-state index is 13.2. The molecule has 5 rings (SSSR count). The maximum atomic E-state index is 13.2. The van der Waals surface area contributed by atoms with Crippen molar-refractivity contribution in [3.8, 4) is 23.0 Å². The van der Waals surface area contributed by atoms with Crippen molar-refractivity contribution in [3.63, 3.8) is 0 Å².